The summed E-state index contributed by atoms with van der Waals surface area (Å²) in [7, 11) is 3.12. The molecule has 2 rings (SSSR count). The first-order chi connectivity index (χ1) is 14.5. The summed E-state index contributed by atoms with van der Waals surface area (Å²) in [4.78, 5) is 36.1. The van der Waals surface area contributed by atoms with E-state index in [1.807, 2.05) is 6.07 Å². The van der Waals surface area contributed by atoms with Crippen molar-refractivity contribution in [1.82, 2.24) is 5.32 Å². The minimum atomic E-state index is -0.253. The van der Waals surface area contributed by atoms with Crippen LogP contribution in [0.15, 0.2) is 42.5 Å². The molecule has 1 atom stereocenters. The molecule has 2 N–H and O–H groups in total. The van der Waals surface area contributed by atoms with Gasteiger partial charge >= 0.3 is 0 Å². The SMILES string of the molecule is CCCCCC(CC(=O)Nc1ccccc1C(=O)NC)c1ccc(C=O)cc1OC. The van der Waals surface area contributed by atoms with Crippen molar-refractivity contribution in [2.45, 2.75) is 44.9 Å². The zero-order chi connectivity index (χ0) is 21.9. The van der Waals surface area contributed by atoms with Crippen LogP contribution in [0.1, 0.15) is 71.2 Å². The summed E-state index contributed by atoms with van der Waals surface area (Å²) in [5.41, 5.74) is 2.35. The molecule has 30 heavy (non-hydrogen) atoms. The number of nitrogens with one attached hydrogen (secondary N) is 2. The number of carbonyl (C=O) groups is 3. The van der Waals surface area contributed by atoms with Crippen LogP contribution < -0.4 is 15.4 Å². The summed E-state index contributed by atoms with van der Waals surface area (Å²) in [6.07, 6.45) is 5.01. The second-order valence-electron chi connectivity index (χ2n) is 7.19. The van der Waals surface area contributed by atoms with Gasteiger partial charge in [-0.05, 0) is 36.1 Å². The number of aldehydes is 1. The van der Waals surface area contributed by atoms with Crippen LogP contribution in [-0.2, 0) is 4.79 Å². The number of amides is 2. The van der Waals surface area contributed by atoms with E-state index < -0.39 is 0 Å². The molecule has 0 saturated heterocycles. The van der Waals surface area contributed by atoms with E-state index in [1.165, 1.54) is 0 Å². The fourth-order valence-electron chi connectivity index (χ4n) is 3.50. The molecule has 0 bridgehead atoms. The molecule has 6 nitrogen and oxygen atoms in total. The lowest BCUT2D eigenvalue weighted by Crippen LogP contribution is -2.22. The number of ether oxygens (including phenoxy) is 1. The Morgan fingerprint density at radius 2 is 1.90 bits per heavy atom. The van der Waals surface area contributed by atoms with Crippen LogP contribution in [0.5, 0.6) is 5.75 Å². The van der Waals surface area contributed by atoms with Crippen LogP contribution in [-0.4, -0.2) is 32.3 Å². The number of hydrogen-bond donors (Lipinski definition) is 2. The van der Waals surface area contributed by atoms with Gasteiger partial charge in [0.25, 0.3) is 5.91 Å². The smallest absolute Gasteiger partial charge is 0.253 e. The van der Waals surface area contributed by atoms with Crippen molar-refractivity contribution < 1.29 is 19.1 Å². The topological polar surface area (TPSA) is 84.5 Å². The van der Waals surface area contributed by atoms with Gasteiger partial charge in [-0.25, -0.2) is 0 Å². The molecule has 0 aliphatic carbocycles. The van der Waals surface area contributed by atoms with Crippen molar-refractivity contribution >= 4 is 23.8 Å². The lowest BCUT2D eigenvalue weighted by Gasteiger charge is -2.20. The highest BCUT2D eigenvalue weighted by Crippen LogP contribution is 2.34. The highest BCUT2D eigenvalue weighted by Gasteiger charge is 2.21. The zero-order valence-corrected chi connectivity index (χ0v) is 17.9. The van der Waals surface area contributed by atoms with Gasteiger partial charge in [-0.1, -0.05) is 50.5 Å². The largest absolute Gasteiger partial charge is 0.496 e. The van der Waals surface area contributed by atoms with Crippen LogP contribution >= 0.6 is 0 Å². The van der Waals surface area contributed by atoms with Crippen molar-refractivity contribution in [3.63, 3.8) is 0 Å². The molecule has 0 aromatic heterocycles. The number of unbranched alkanes of at least 4 members (excludes halogenated alkanes) is 2. The number of benzene rings is 2. The van der Waals surface area contributed by atoms with Crippen molar-refractivity contribution in [3.8, 4) is 5.75 Å². The van der Waals surface area contributed by atoms with Gasteiger partial charge < -0.3 is 15.4 Å². The molecular weight excluding hydrogens is 380 g/mol. The van der Waals surface area contributed by atoms with Gasteiger partial charge in [0.1, 0.15) is 12.0 Å². The molecule has 2 aromatic rings. The predicted molar refractivity (Wildman–Crippen MR) is 118 cm³/mol. The van der Waals surface area contributed by atoms with Gasteiger partial charge in [0.05, 0.1) is 18.4 Å². The summed E-state index contributed by atoms with van der Waals surface area (Å²) in [5, 5.41) is 5.47. The number of hydrogen-bond acceptors (Lipinski definition) is 4. The van der Waals surface area contributed by atoms with Gasteiger partial charge in [0.15, 0.2) is 0 Å². The normalized spacial score (nSPS) is 11.4. The average Bonchev–Trinajstić information content (AvgIpc) is 2.77. The molecule has 0 aliphatic rings. The first-order valence-corrected chi connectivity index (χ1v) is 10.3. The Morgan fingerprint density at radius 3 is 2.57 bits per heavy atom. The van der Waals surface area contributed by atoms with Crippen molar-refractivity contribution in [2.24, 2.45) is 0 Å². The van der Waals surface area contributed by atoms with Crippen LogP contribution in [0.3, 0.4) is 0 Å². The zero-order valence-electron chi connectivity index (χ0n) is 17.9. The van der Waals surface area contributed by atoms with Gasteiger partial charge in [0.2, 0.25) is 5.91 Å². The van der Waals surface area contributed by atoms with Crippen LogP contribution in [0, 0.1) is 0 Å². The van der Waals surface area contributed by atoms with Crippen LogP contribution in [0.25, 0.3) is 0 Å². The third kappa shape index (κ3) is 6.17. The van der Waals surface area contributed by atoms with Gasteiger partial charge in [-0.2, -0.15) is 0 Å². The summed E-state index contributed by atoms with van der Waals surface area (Å²) < 4.78 is 5.50. The molecule has 160 valence electrons. The Hall–Kier alpha value is -3.15. The standard InChI is InChI=1S/C24H30N2O4/c1-4-5-6-9-18(19-13-12-17(16-27)14-22(19)30-3)15-23(28)26-21-11-8-7-10-20(21)24(29)25-2/h7-8,10-14,16,18H,4-6,9,15H2,1-3H3,(H,25,29)(H,26,28). The molecule has 2 amide bonds. The van der Waals surface area contributed by atoms with Gasteiger partial charge in [0, 0.05) is 19.0 Å². The van der Waals surface area contributed by atoms with E-state index in [4.69, 9.17) is 4.74 Å². The molecule has 0 spiro atoms. The maximum absolute atomic E-state index is 12.9. The number of para-hydroxylation sites is 1. The first kappa shape index (κ1) is 23.1. The number of anilines is 1. The molecule has 0 fully saturated rings. The van der Waals surface area contributed by atoms with Crippen molar-refractivity contribution in [1.29, 1.82) is 0 Å². The van der Waals surface area contributed by atoms with E-state index in [-0.39, 0.29) is 24.2 Å². The summed E-state index contributed by atoms with van der Waals surface area (Å²) in [6, 6.07) is 12.2. The molecule has 6 heteroatoms. The second kappa shape index (κ2) is 11.8. The molecule has 0 saturated carbocycles. The number of methoxy groups -OCH3 is 1. The van der Waals surface area contributed by atoms with E-state index in [1.54, 1.807) is 50.6 Å². The highest BCUT2D eigenvalue weighted by molar-refractivity contribution is 6.03. The summed E-state index contributed by atoms with van der Waals surface area (Å²) in [6.45, 7) is 2.14. The molecule has 0 heterocycles. The maximum Gasteiger partial charge on any atom is 0.253 e. The Kier molecular flexibility index (Phi) is 9.06. The first-order valence-electron chi connectivity index (χ1n) is 10.3. The van der Waals surface area contributed by atoms with Gasteiger partial charge in [-0.15, -0.1) is 0 Å². The molecule has 2 aromatic carbocycles. The van der Waals surface area contributed by atoms with E-state index in [0.717, 1.165) is 37.5 Å². The fourth-order valence-corrected chi connectivity index (χ4v) is 3.50. The average molecular weight is 411 g/mol. The quantitative estimate of drug-likeness (QED) is 0.420. The predicted octanol–water partition coefficient (Wildman–Crippen LogP) is 4.56. The van der Waals surface area contributed by atoms with Crippen LogP contribution in [0.4, 0.5) is 5.69 Å². The molecular formula is C24H30N2O4. The minimum Gasteiger partial charge on any atom is -0.496 e. The summed E-state index contributed by atoms with van der Waals surface area (Å²) >= 11 is 0. The molecule has 0 radical (unpaired) electrons. The fraction of sp³-hybridized carbons (Fsp3) is 0.375. The van der Waals surface area contributed by atoms with E-state index >= 15 is 0 Å². The molecule has 0 aliphatic heterocycles. The van der Waals surface area contributed by atoms with E-state index in [2.05, 4.69) is 17.6 Å². The van der Waals surface area contributed by atoms with Crippen molar-refractivity contribution in [2.75, 3.05) is 19.5 Å². The van der Waals surface area contributed by atoms with E-state index in [9.17, 15) is 14.4 Å². The molecule has 1 unspecified atom stereocenters. The third-order valence-electron chi connectivity index (χ3n) is 5.09. The second-order valence-corrected chi connectivity index (χ2v) is 7.19. The van der Waals surface area contributed by atoms with Crippen molar-refractivity contribution in [3.05, 3.63) is 59.2 Å². The Bertz CT molecular complexity index is 879. The summed E-state index contributed by atoms with van der Waals surface area (Å²) in [5.74, 6) is 0.130. The third-order valence-corrected chi connectivity index (χ3v) is 5.09. The highest BCUT2D eigenvalue weighted by atomic mass is 16.5. The number of rotatable bonds is 11. The Balaban J connectivity index is 2.24. The van der Waals surface area contributed by atoms with Gasteiger partial charge in [-0.3, -0.25) is 14.4 Å². The lowest BCUT2D eigenvalue weighted by molar-refractivity contribution is -0.116. The minimum absolute atomic E-state index is 0.0561. The number of carbonyl (C=O) groups excluding carboxylic acids is 3. The van der Waals surface area contributed by atoms with E-state index in [0.29, 0.717) is 22.6 Å². The van der Waals surface area contributed by atoms with Crippen LogP contribution in [0.2, 0.25) is 0 Å². The Labute approximate surface area is 178 Å². The lowest BCUT2D eigenvalue weighted by atomic mass is 9.88. The Morgan fingerprint density at radius 1 is 1.13 bits per heavy atom. The monoisotopic (exact) mass is 410 g/mol. The maximum atomic E-state index is 12.9.